The highest BCUT2D eigenvalue weighted by atomic mass is 16.5. The van der Waals surface area contributed by atoms with Gasteiger partial charge in [-0.1, -0.05) is 20.8 Å². The number of hydrogen-bond donors (Lipinski definition) is 2. The van der Waals surface area contributed by atoms with E-state index < -0.39 is 0 Å². The van der Waals surface area contributed by atoms with Crippen LogP contribution < -0.4 is 11.1 Å². The third-order valence-corrected chi connectivity index (χ3v) is 4.30. The highest BCUT2D eigenvalue weighted by Gasteiger charge is 2.26. The Balaban J connectivity index is 2.75. The highest BCUT2D eigenvalue weighted by molar-refractivity contribution is 5.80. The van der Waals surface area contributed by atoms with Crippen molar-refractivity contribution in [1.29, 1.82) is 0 Å². The fourth-order valence-corrected chi connectivity index (χ4v) is 3.01. The quantitative estimate of drug-likeness (QED) is 0.574. The average molecular weight is 326 g/mol. The summed E-state index contributed by atoms with van der Waals surface area (Å²) in [6.07, 6.45) is 2.65. The third kappa shape index (κ3) is 6.77. The van der Waals surface area contributed by atoms with Crippen LogP contribution in [0.2, 0.25) is 0 Å². The normalized spacial score (nSPS) is 21.2. The van der Waals surface area contributed by atoms with Crippen molar-refractivity contribution in [2.24, 2.45) is 22.1 Å². The molecule has 6 heteroatoms. The Hall–Kier alpha value is -1.30. The molecule has 0 spiro atoms. The molecular weight excluding hydrogens is 292 g/mol. The van der Waals surface area contributed by atoms with Crippen molar-refractivity contribution in [2.45, 2.75) is 53.1 Å². The van der Waals surface area contributed by atoms with Gasteiger partial charge in [-0.05, 0) is 31.1 Å². The maximum Gasteiger partial charge on any atom is 0.217 e. The van der Waals surface area contributed by atoms with E-state index in [2.05, 4.69) is 37.9 Å². The monoisotopic (exact) mass is 326 g/mol. The number of amides is 1. The predicted octanol–water partition coefficient (Wildman–Crippen LogP) is 1.60. The molecule has 0 radical (unpaired) electrons. The second-order valence-corrected chi connectivity index (χ2v) is 7.41. The van der Waals surface area contributed by atoms with Crippen LogP contribution in [0.25, 0.3) is 0 Å². The molecule has 0 bridgehead atoms. The SMILES string of the molecule is CCNC(=NCC(OC)C(C)(C)C)N1CCCC(CC(N)=O)C1. The van der Waals surface area contributed by atoms with E-state index in [1.165, 1.54) is 0 Å². The Morgan fingerprint density at radius 1 is 1.48 bits per heavy atom. The first-order chi connectivity index (χ1) is 10.8. The lowest BCUT2D eigenvalue weighted by molar-refractivity contribution is -0.119. The minimum Gasteiger partial charge on any atom is -0.379 e. The molecule has 1 fully saturated rings. The van der Waals surface area contributed by atoms with Crippen LogP contribution in [-0.4, -0.2) is 56.2 Å². The van der Waals surface area contributed by atoms with Crippen molar-refractivity contribution >= 4 is 11.9 Å². The number of rotatable bonds is 6. The molecule has 2 atom stereocenters. The van der Waals surface area contributed by atoms with Crippen molar-refractivity contribution in [3.8, 4) is 0 Å². The van der Waals surface area contributed by atoms with Crippen molar-refractivity contribution in [3.63, 3.8) is 0 Å². The summed E-state index contributed by atoms with van der Waals surface area (Å²) in [5.74, 6) is 1.02. The van der Waals surface area contributed by atoms with Gasteiger partial charge in [0.25, 0.3) is 0 Å². The lowest BCUT2D eigenvalue weighted by atomic mass is 9.89. The molecule has 1 heterocycles. The minimum atomic E-state index is -0.217. The van der Waals surface area contributed by atoms with Crippen molar-refractivity contribution in [2.75, 3.05) is 33.3 Å². The van der Waals surface area contributed by atoms with Gasteiger partial charge in [0.05, 0.1) is 12.6 Å². The Labute approximate surface area is 140 Å². The Morgan fingerprint density at radius 2 is 2.17 bits per heavy atom. The smallest absolute Gasteiger partial charge is 0.217 e. The van der Waals surface area contributed by atoms with Crippen LogP contribution in [0.5, 0.6) is 0 Å². The van der Waals surface area contributed by atoms with Gasteiger partial charge in [-0.15, -0.1) is 0 Å². The number of hydrogen-bond acceptors (Lipinski definition) is 3. The summed E-state index contributed by atoms with van der Waals surface area (Å²) in [5.41, 5.74) is 5.40. The number of carbonyl (C=O) groups is 1. The van der Waals surface area contributed by atoms with Gasteiger partial charge in [-0.2, -0.15) is 0 Å². The van der Waals surface area contributed by atoms with Gasteiger partial charge in [0.15, 0.2) is 5.96 Å². The molecule has 1 aliphatic rings. The molecule has 0 saturated carbocycles. The van der Waals surface area contributed by atoms with E-state index in [0.29, 0.717) is 18.9 Å². The largest absolute Gasteiger partial charge is 0.379 e. The summed E-state index contributed by atoms with van der Waals surface area (Å²) in [7, 11) is 1.74. The number of nitrogens with zero attached hydrogens (tertiary/aromatic N) is 2. The Morgan fingerprint density at radius 3 is 2.70 bits per heavy atom. The van der Waals surface area contributed by atoms with Crippen molar-refractivity contribution < 1.29 is 9.53 Å². The standard InChI is InChI=1S/C17H34N4O2/c1-6-19-16(20-11-14(23-5)17(2,3)4)21-9-7-8-13(12-21)10-15(18)22/h13-14H,6-12H2,1-5H3,(H2,18,22)(H,19,20). The Bertz CT molecular complexity index is 404. The van der Waals surface area contributed by atoms with Crippen molar-refractivity contribution in [1.82, 2.24) is 10.2 Å². The maximum absolute atomic E-state index is 11.2. The molecule has 1 amide bonds. The molecule has 6 nitrogen and oxygen atoms in total. The molecule has 0 aromatic rings. The van der Waals surface area contributed by atoms with E-state index in [-0.39, 0.29) is 17.4 Å². The number of guanidine groups is 1. The molecule has 1 saturated heterocycles. The molecule has 0 aromatic heterocycles. The fraction of sp³-hybridized carbons (Fsp3) is 0.882. The first kappa shape index (κ1) is 19.7. The number of primary amides is 1. The predicted molar refractivity (Wildman–Crippen MR) is 94.3 cm³/mol. The van der Waals surface area contributed by atoms with E-state index in [9.17, 15) is 4.79 Å². The number of methoxy groups -OCH3 is 1. The molecule has 2 unspecified atom stereocenters. The molecule has 1 rings (SSSR count). The highest BCUT2D eigenvalue weighted by Crippen LogP contribution is 2.23. The van der Waals surface area contributed by atoms with Crippen molar-refractivity contribution in [3.05, 3.63) is 0 Å². The van der Waals surface area contributed by atoms with Gasteiger partial charge >= 0.3 is 0 Å². The number of nitrogens with two attached hydrogens (primary N) is 1. The number of aliphatic imine (C=N–C) groups is 1. The lowest BCUT2D eigenvalue weighted by Crippen LogP contribution is -2.47. The van der Waals surface area contributed by atoms with Gasteiger partial charge in [0.2, 0.25) is 5.91 Å². The number of piperidine rings is 1. The minimum absolute atomic E-state index is 0.0476. The van der Waals surface area contributed by atoms with E-state index in [1.807, 2.05) is 0 Å². The van der Waals surface area contributed by atoms with Gasteiger partial charge in [-0.25, -0.2) is 0 Å². The zero-order valence-corrected chi connectivity index (χ0v) is 15.4. The van der Waals surface area contributed by atoms with Crippen LogP contribution in [0, 0.1) is 11.3 Å². The average Bonchev–Trinajstić information content (AvgIpc) is 2.45. The zero-order chi connectivity index (χ0) is 17.5. The zero-order valence-electron chi connectivity index (χ0n) is 15.4. The first-order valence-electron chi connectivity index (χ1n) is 8.62. The molecule has 0 aliphatic carbocycles. The van der Waals surface area contributed by atoms with E-state index in [4.69, 9.17) is 15.5 Å². The summed E-state index contributed by atoms with van der Waals surface area (Å²) in [4.78, 5) is 18.2. The summed E-state index contributed by atoms with van der Waals surface area (Å²) < 4.78 is 5.59. The van der Waals surface area contributed by atoms with Crippen LogP contribution in [-0.2, 0) is 9.53 Å². The van der Waals surface area contributed by atoms with Crippen LogP contribution in [0.1, 0.15) is 47.0 Å². The van der Waals surface area contributed by atoms with Crippen LogP contribution in [0.15, 0.2) is 4.99 Å². The van der Waals surface area contributed by atoms with Gasteiger partial charge in [0.1, 0.15) is 0 Å². The molecular formula is C17H34N4O2. The van der Waals surface area contributed by atoms with E-state index in [1.54, 1.807) is 7.11 Å². The van der Waals surface area contributed by atoms with Crippen LogP contribution in [0.4, 0.5) is 0 Å². The molecule has 3 N–H and O–H groups in total. The van der Waals surface area contributed by atoms with Gasteiger partial charge < -0.3 is 20.7 Å². The van der Waals surface area contributed by atoms with E-state index in [0.717, 1.165) is 38.4 Å². The summed E-state index contributed by atoms with van der Waals surface area (Å²) in [6, 6.07) is 0. The third-order valence-electron chi connectivity index (χ3n) is 4.30. The molecule has 23 heavy (non-hydrogen) atoms. The number of likely N-dealkylation sites (tertiary alicyclic amines) is 1. The Kier molecular flexibility index (Phi) is 7.82. The molecule has 134 valence electrons. The van der Waals surface area contributed by atoms with Crippen LogP contribution >= 0.6 is 0 Å². The molecule has 1 aliphatic heterocycles. The summed E-state index contributed by atoms with van der Waals surface area (Å²) >= 11 is 0. The van der Waals surface area contributed by atoms with Gasteiger partial charge in [-0.3, -0.25) is 9.79 Å². The molecule has 0 aromatic carbocycles. The number of carbonyl (C=O) groups excluding carboxylic acids is 1. The maximum atomic E-state index is 11.2. The lowest BCUT2D eigenvalue weighted by Gasteiger charge is -2.35. The topological polar surface area (TPSA) is 80.0 Å². The second kappa shape index (κ2) is 9.11. The fourth-order valence-electron chi connectivity index (χ4n) is 3.01. The van der Waals surface area contributed by atoms with Gasteiger partial charge in [0, 0.05) is 33.2 Å². The second-order valence-electron chi connectivity index (χ2n) is 7.41. The summed E-state index contributed by atoms with van der Waals surface area (Å²) in [5, 5.41) is 3.36. The number of nitrogens with one attached hydrogen (secondary N) is 1. The summed E-state index contributed by atoms with van der Waals surface area (Å²) in [6.45, 7) is 11.8. The van der Waals surface area contributed by atoms with Crippen LogP contribution in [0.3, 0.4) is 0 Å². The van der Waals surface area contributed by atoms with E-state index >= 15 is 0 Å². The first-order valence-corrected chi connectivity index (χ1v) is 8.62. The number of ether oxygens (including phenoxy) is 1.